The average Bonchev–Trinajstić information content (AvgIpc) is 2.96. The van der Waals surface area contributed by atoms with E-state index in [0.717, 1.165) is 36.9 Å². The minimum atomic E-state index is 0.0579. The van der Waals surface area contributed by atoms with Crippen molar-refractivity contribution in [2.45, 2.75) is 25.3 Å². The van der Waals surface area contributed by atoms with Crippen LogP contribution in [0.15, 0.2) is 5.38 Å². The van der Waals surface area contributed by atoms with Gasteiger partial charge >= 0.3 is 0 Å². The van der Waals surface area contributed by atoms with Crippen molar-refractivity contribution < 1.29 is 9.47 Å². The molecule has 5 heteroatoms. The maximum absolute atomic E-state index is 5.79. The van der Waals surface area contributed by atoms with Crippen molar-refractivity contribution in [1.82, 2.24) is 4.98 Å². The summed E-state index contributed by atoms with van der Waals surface area (Å²) in [5.41, 5.74) is 0.932. The average molecular weight is 262 g/mol. The summed E-state index contributed by atoms with van der Waals surface area (Å²) in [5.74, 6) is 1.02. The Morgan fingerprint density at radius 1 is 1.75 bits per heavy atom. The van der Waals surface area contributed by atoms with Gasteiger partial charge in [-0.2, -0.15) is 0 Å². The van der Waals surface area contributed by atoms with Gasteiger partial charge in [0.25, 0.3) is 0 Å². The number of nitrogens with zero attached hydrogens (tertiary/aromatic N) is 1. The topological polar surface area (TPSA) is 31.4 Å². The molecule has 1 saturated heterocycles. The van der Waals surface area contributed by atoms with Gasteiger partial charge in [-0.3, -0.25) is 0 Å². The molecule has 2 rings (SSSR count). The summed E-state index contributed by atoms with van der Waals surface area (Å²) in [5, 5.41) is 3.00. The normalized spacial score (nSPS) is 22.5. The second-order valence-electron chi connectivity index (χ2n) is 4.02. The first-order valence-electron chi connectivity index (χ1n) is 5.49. The van der Waals surface area contributed by atoms with Gasteiger partial charge in [0.2, 0.25) is 0 Å². The van der Waals surface area contributed by atoms with Gasteiger partial charge in [-0.05, 0) is 13.3 Å². The minimum Gasteiger partial charge on any atom is -0.381 e. The molecule has 1 fully saturated rings. The Labute approximate surface area is 105 Å². The number of aromatic nitrogens is 1. The summed E-state index contributed by atoms with van der Waals surface area (Å²) in [4.78, 5) is 4.40. The van der Waals surface area contributed by atoms with Crippen LogP contribution < -0.4 is 0 Å². The van der Waals surface area contributed by atoms with Crippen molar-refractivity contribution in [3.05, 3.63) is 16.1 Å². The van der Waals surface area contributed by atoms with E-state index < -0.39 is 0 Å². The third-order valence-corrected chi connectivity index (χ3v) is 3.99. The minimum absolute atomic E-state index is 0.0579. The fourth-order valence-electron chi connectivity index (χ4n) is 1.64. The highest BCUT2D eigenvalue weighted by Crippen LogP contribution is 2.23. The molecule has 1 aromatic rings. The van der Waals surface area contributed by atoms with E-state index in [1.54, 1.807) is 11.3 Å². The summed E-state index contributed by atoms with van der Waals surface area (Å²) in [7, 11) is 0. The molecular weight excluding hydrogens is 246 g/mol. The van der Waals surface area contributed by atoms with E-state index in [2.05, 4.69) is 4.98 Å². The van der Waals surface area contributed by atoms with Gasteiger partial charge in [0.05, 0.1) is 24.8 Å². The third-order valence-electron chi connectivity index (χ3n) is 2.66. The quantitative estimate of drug-likeness (QED) is 0.764. The Morgan fingerprint density at radius 3 is 3.25 bits per heavy atom. The van der Waals surface area contributed by atoms with Crippen LogP contribution in [0.2, 0.25) is 0 Å². The molecule has 3 nitrogen and oxygen atoms in total. The lowest BCUT2D eigenvalue weighted by molar-refractivity contribution is 0.0357. The van der Waals surface area contributed by atoms with Crippen LogP contribution in [-0.4, -0.2) is 24.8 Å². The van der Waals surface area contributed by atoms with Gasteiger partial charge in [-0.1, -0.05) is 0 Å². The highest BCUT2D eigenvalue weighted by molar-refractivity contribution is 7.09. The van der Waals surface area contributed by atoms with Crippen LogP contribution in [0.5, 0.6) is 0 Å². The van der Waals surface area contributed by atoms with Gasteiger partial charge in [0.1, 0.15) is 11.1 Å². The molecule has 0 amide bonds. The molecule has 1 aliphatic rings. The van der Waals surface area contributed by atoms with Crippen molar-refractivity contribution in [3.8, 4) is 0 Å². The van der Waals surface area contributed by atoms with Crippen molar-refractivity contribution in [1.29, 1.82) is 0 Å². The van der Waals surface area contributed by atoms with Gasteiger partial charge in [0, 0.05) is 17.9 Å². The van der Waals surface area contributed by atoms with E-state index in [1.165, 1.54) is 0 Å². The van der Waals surface area contributed by atoms with Crippen molar-refractivity contribution in [2.75, 3.05) is 19.8 Å². The molecule has 0 radical (unpaired) electrons. The molecule has 0 bridgehead atoms. The molecule has 2 unspecified atom stereocenters. The standard InChI is InChI=1S/C11H16ClNO2S/c1-8(11-13-10(4-12)7-16-11)15-6-9-2-3-14-5-9/h7-9H,2-6H2,1H3. The zero-order valence-corrected chi connectivity index (χ0v) is 10.9. The monoisotopic (exact) mass is 261 g/mol. The predicted octanol–water partition coefficient (Wildman–Crippen LogP) is 3.00. The SMILES string of the molecule is CC(OCC1CCOC1)c1nc(CCl)cs1. The van der Waals surface area contributed by atoms with Crippen LogP contribution in [0.25, 0.3) is 0 Å². The zero-order valence-electron chi connectivity index (χ0n) is 9.32. The molecule has 2 heterocycles. The summed E-state index contributed by atoms with van der Waals surface area (Å²) >= 11 is 7.33. The molecule has 0 N–H and O–H groups in total. The fraction of sp³-hybridized carbons (Fsp3) is 0.727. The third kappa shape index (κ3) is 3.17. The highest BCUT2D eigenvalue weighted by Gasteiger charge is 2.18. The number of hydrogen-bond donors (Lipinski definition) is 0. The Balaban J connectivity index is 1.80. The van der Waals surface area contributed by atoms with Crippen LogP contribution in [0.4, 0.5) is 0 Å². The van der Waals surface area contributed by atoms with Gasteiger partial charge in [0.15, 0.2) is 0 Å². The van der Waals surface area contributed by atoms with Gasteiger partial charge < -0.3 is 9.47 Å². The Hall–Kier alpha value is -0.160. The second-order valence-corrected chi connectivity index (χ2v) is 5.17. The van der Waals surface area contributed by atoms with Crippen LogP contribution in [0.3, 0.4) is 0 Å². The molecule has 16 heavy (non-hydrogen) atoms. The smallest absolute Gasteiger partial charge is 0.122 e. The second kappa shape index (κ2) is 5.96. The maximum atomic E-state index is 5.79. The molecule has 90 valence electrons. The van der Waals surface area contributed by atoms with Crippen LogP contribution in [0.1, 0.15) is 30.2 Å². The van der Waals surface area contributed by atoms with E-state index in [9.17, 15) is 0 Å². The number of rotatable bonds is 5. The lowest BCUT2D eigenvalue weighted by Crippen LogP contribution is -2.11. The number of hydrogen-bond acceptors (Lipinski definition) is 4. The molecule has 0 spiro atoms. The molecule has 0 aromatic carbocycles. The summed E-state index contributed by atoms with van der Waals surface area (Å²) < 4.78 is 11.1. The van der Waals surface area contributed by atoms with Crippen LogP contribution in [0, 0.1) is 5.92 Å². The number of thiazole rings is 1. The molecule has 1 aliphatic heterocycles. The largest absolute Gasteiger partial charge is 0.381 e. The first-order chi connectivity index (χ1) is 7.79. The first kappa shape index (κ1) is 12.3. The highest BCUT2D eigenvalue weighted by atomic mass is 35.5. The summed E-state index contributed by atoms with van der Waals surface area (Å²) in [6, 6.07) is 0. The van der Waals surface area contributed by atoms with Crippen molar-refractivity contribution in [2.24, 2.45) is 5.92 Å². The Kier molecular flexibility index (Phi) is 4.58. The molecule has 0 saturated carbocycles. The predicted molar refractivity (Wildman–Crippen MR) is 65.0 cm³/mol. The molecule has 2 atom stereocenters. The number of ether oxygens (including phenoxy) is 2. The van der Waals surface area contributed by atoms with Crippen LogP contribution >= 0.6 is 22.9 Å². The molecule has 0 aliphatic carbocycles. The van der Waals surface area contributed by atoms with E-state index in [-0.39, 0.29) is 6.10 Å². The maximum Gasteiger partial charge on any atom is 0.122 e. The van der Waals surface area contributed by atoms with E-state index in [4.69, 9.17) is 21.1 Å². The lowest BCUT2D eigenvalue weighted by atomic mass is 10.1. The summed E-state index contributed by atoms with van der Waals surface area (Å²) in [6.07, 6.45) is 1.17. The molecular formula is C11H16ClNO2S. The molecule has 1 aromatic heterocycles. The fourth-order valence-corrected chi connectivity index (χ4v) is 2.69. The van der Waals surface area contributed by atoms with E-state index in [0.29, 0.717) is 11.8 Å². The van der Waals surface area contributed by atoms with Gasteiger partial charge in [-0.15, -0.1) is 22.9 Å². The lowest BCUT2D eigenvalue weighted by Gasteiger charge is -2.13. The Bertz CT molecular complexity index is 326. The number of halogens is 1. The Morgan fingerprint density at radius 2 is 2.62 bits per heavy atom. The first-order valence-corrected chi connectivity index (χ1v) is 6.90. The summed E-state index contributed by atoms with van der Waals surface area (Å²) in [6.45, 7) is 4.50. The van der Waals surface area contributed by atoms with Crippen molar-refractivity contribution in [3.63, 3.8) is 0 Å². The van der Waals surface area contributed by atoms with E-state index in [1.807, 2.05) is 12.3 Å². The van der Waals surface area contributed by atoms with E-state index >= 15 is 0 Å². The van der Waals surface area contributed by atoms with Crippen LogP contribution in [-0.2, 0) is 15.4 Å². The number of alkyl halides is 1. The zero-order chi connectivity index (χ0) is 11.4. The van der Waals surface area contributed by atoms with Crippen molar-refractivity contribution >= 4 is 22.9 Å². The van der Waals surface area contributed by atoms with Gasteiger partial charge in [-0.25, -0.2) is 4.98 Å².